The van der Waals surface area contributed by atoms with Crippen molar-refractivity contribution in [2.75, 3.05) is 32.1 Å². The molecule has 0 bridgehead atoms. The van der Waals surface area contributed by atoms with Crippen LogP contribution in [-0.4, -0.2) is 42.1 Å². The third-order valence-corrected chi connectivity index (χ3v) is 4.98. The van der Waals surface area contributed by atoms with Crippen LogP contribution in [0.15, 0.2) is 71.7 Å². The van der Waals surface area contributed by atoms with E-state index in [-0.39, 0.29) is 5.56 Å². The number of rotatable bonds is 6. The van der Waals surface area contributed by atoms with Gasteiger partial charge in [-0.05, 0) is 50.0 Å². The summed E-state index contributed by atoms with van der Waals surface area (Å²) in [7, 11) is 4.17. The number of benzene rings is 2. The van der Waals surface area contributed by atoms with Crippen molar-refractivity contribution in [1.82, 2.24) is 14.9 Å². The highest BCUT2D eigenvalue weighted by Crippen LogP contribution is 2.26. The minimum Gasteiger partial charge on any atom is -0.366 e. The van der Waals surface area contributed by atoms with Gasteiger partial charge in [-0.1, -0.05) is 30.3 Å². The van der Waals surface area contributed by atoms with Crippen molar-refractivity contribution in [3.63, 3.8) is 0 Å². The predicted octanol–water partition coefficient (Wildman–Crippen LogP) is 3.64. The SMILES string of the molecule is CN(C)CCN(Cc1ccccc1)c1ccc2c(=O)[nH]c3ncccc3c2c1. The van der Waals surface area contributed by atoms with E-state index in [0.717, 1.165) is 36.1 Å². The first kappa shape index (κ1) is 18.2. The van der Waals surface area contributed by atoms with Crippen LogP contribution in [0.4, 0.5) is 5.69 Å². The van der Waals surface area contributed by atoms with Crippen LogP contribution in [0.5, 0.6) is 0 Å². The number of hydrogen-bond donors (Lipinski definition) is 1. The molecule has 1 N–H and O–H groups in total. The summed E-state index contributed by atoms with van der Waals surface area (Å²) in [5, 5.41) is 2.59. The molecule has 0 aliphatic carbocycles. The molecule has 4 rings (SSSR count). The Morgan fingerprint density at radius 3 is 2.50 bits per heavy atom. The van der Waals surface area contributed by atoms with Gasteiger partial charge in [0, 0.05) is 47.7 Å². The average molecular weight is 372 g/mol. The molecule has 2 aromatic heterocycles. The van der Waals surface area contributed by atoms with Gasteiger partial charge in [0.15, 0.2) is 0 Å². The van der Waals surface area contributed by atoms with Crippen molar-refractivity contribution in [3.8, 4) is 0 Å². The summed E-state index contributed by atoms with van der Waals surface area (Å²) in [5.74, 6) is 0. The molecule has 0 saturated heterocycles. The summed E-state index contributed by atoms with van der Waals surface area (Å²) >= 11 is 0. The van der Waals surface area contributed by atoms with E-state index in [4.69, 9.17) is 0 Å². The Morgan fingerprint density at radius 2 is 1.71 bits per heavy atom. The summed E-state index contributed by atoms with van der Waals surface area (Å²) in [6.45, 7) is 2.66. The van der Waals surface area contributed by atoms with Gasteiger partial charge in [-0.15, -0.1) is 0 Å². The largest absolute Gasteiger partial charge is 0.366 e. The number of likely N-dealkylation sites (N-methyl/N-ethyl adjacent to an activating group) is 1. The number of aromatic amines is 1. The van der Waals surface area contributed by atoms with E-state index in [0.29, 0.717) is 11.0 Å². The van der Waals surface area contributed by atoms with Gasteiger partial charge in [-0.3, -0.25) is 4.79 Å². The van der Waals surface area contributed by atoms with Crippen molar-refractivity contribution in [2.24, 2.45) is 0 Å². The van der Waals surface area contributed by atoms with Crippen molar-refractivity contribution in [2.45, 2.75) is 6.54 Å². The standard InChI is InChI=1S/C23H24N4O/c1-26(2)13-14-27(16-17-7-4-3-5-8-17)18-10-11-20-21(15-18)19-9-6-12-24-22(19)25-23(20)28/h3-12,15H,13-14,16H2,1-2H3,(H,24,25,28). The number of nitrogens with one attached hydrogen (secondary N) is 1. The van der Waals surface area contributed by atoms with E-state index in [1.165, 1.54) is 5.56 Å². The molecule has 0 aliphatic rings. The first-order valence-corrected chi connectivity index (χ1v) is 9.46. The van der Waals surface area contributed by atoms with Gasteiger partial charge in [-0.25, -0.2) is 4.98 Å². The fourth-order valence-electron chi connectivity index (χ4n) is 3.47. The fraction of sp³-hybridized carbons (Fsp3) is 0.217. The van der Waals surface area contributed by atoms with Crippen LogP contribution >= 0.6 is 0 Å². The maximum absolute atomic E-state index is 12.5. The van der Waals surface area contributed by atoms with Crippen LogP contribution in [0, 0.1) is 0 Å². The second-order valence-electron chi connectivity index (χ2n) is 7.29. The van der Waals surface area contributed by atoms with Crippen molar-refractivity contribution < 1.29 is 0 Å². The summed E-state index contributed by atoms with van der Waals surface area (Å²) in [5.41, 5.74) is 2.89. The molecule has 4 aromatic rings. The van der Waals surface area contributed by atoms with Gasteiger partial charge < -0.3 is 14.8 Å². The first-order valence-electron chi connectivity index (χ1n) is 9.46. The number of H-pyrrole nitrogens is 1. The van der Waals surface area contributed by atoms with Gasteiger partial charge in [0.1, 0.15) is 5.65 Å². The Labute approximate surface area is 164 Å². The molecule has 0 amide bonds. The van der Waals surface area contributed by atoms with Gasteiger partial charge >= 0.3 is 0 Å². The number of nitrogens with zero attached hydrogens (tertiary/aromatic N) is 3. The molecule has 2 aromatic carbocycles. The van der Waals surface area contributed by atoms with Crippen LogP contribution in [-0.2, 0) is 6.54 Å². The van der Waals surface area contributed by atoms with E-state index < -0.39 is 0 Å². The molecule has 5 nitrogen and oxygen atoms in total. The normalized spacial score (nSPS) is 11.4. The smallest absolute Gasteiger partial charge is 0.257 e. The van der Waals surface area contributed by atoms with E-state index in [1.54, 1.807) is 6.20 Å². The van der Waals surface area contributed by atoms with Crippen LogP contribution in [0.2, 0.25) is 0 Å². The predicted molar refractivity (Wildman–Crippen MR) is 116 cm³/mol. The molecule has 0 spiro atoms. The lowest BCUT2D eigenvalue weighted by atomic mass is 10.1. The quantitative estimate of drug-likeness (QED) is 0.525. The number of anilines is 1. The molecule has 142 valence electrons. The van der Waals surface area contributed by atoms with E-state index in [2.05, 4.69) is 64.2 Å². The molecular weight excluding hydrogens is 348 g/mol. The maximum atomic E-state index is 12.5. The molecule has 5 heteroatoms. The summed E-state index contributed by atoms with van der Waals surface area (Å²) < 4.78 is 0. The molecule has 0 radical (unpaired) electrons. The van der Waals surface area contributed by atoms with E-state index in [9.17, 15) is 4.79 Å². The molecule has 0 unspecified atom stereocenters. The molecule has 28 heavy (non-hydrogen) atoms. The summed E-state index contributed by atoms with van der Waals surface area (Å²) in [6, 6.07) is 20.5. The minimum absolute atomic E-state index is 0.101. The third kappa shape index (κ3) is 3.75. The topological polar surface area (TPSA) is 52.2 Å². The van der Waals surface area contributed by atoms with Crippen LogP contribution in [0.3, 0.4) is 0 Å². The Bertz CT molecular complexity index is 1150. The second-order valence-corrected chi connectivity index (χ2v) is 7.29. The zero-order chi connectivity index (χ0) is 19.5. The maximum Gasteiger partial charge on any atom is 0.257 e. The van der Waals surface area contributed by atoms with E-state index in [1.807, 2.05) is 30.3 Å². The Hall–Kier alpha value is -3.18. The fourth-order valence-corrected chi connectivity index (χ4v) is 3.47. The highest BCUT2D eigenvalue weighted by molar-refractivity contribution is 6.05. The number of fused-ring (bicyclic) bond motifs is 3. The van der Waals surface area contributed by atoms with Gasteiger partial charge in [0.2, 0.25) is 0 Å². The Morgan fingerprint density at radius 1 is 0.893 bits per heavy atom. The molecule has 0 aliphatic heterocycles. The number of pyridine rings is 2. The minimum atomic E-state index is -0.101. The van der Waals surface area contributed by atoms with Crippen molar-refractivity contribution in [1.29, 1.82) is 0 Å². The lowest BCUT2D eigenvalue weighted by molar-refractivity contribution is 0.412. The van der Waals surface area contributed by atoms with Crippen molar-refractivity contribution >= 4 is 27.5 Å². The van der Waals surface area contributed by atoms with Crippen LogP contribution in [0.25, 0.3) is 21.8 Å². The highest BCUT2D eigenvalue weighted by atomic mass is 16.1. The van der Waals surface area contributed by atoms with E-state index >= 15 is 0 Å². The molecule has 0 fully saturated rings. The molecule has 2 heterocycles. The first-order chi connectivity index (χ1) is 13.6. The second kappa shape index (κ2) is 7.82. The average Bonchev–Trinajstić information content (AvgIpc) is 2.71. The lowest BCUT2D eigenvalue weighted by Crippen LogP contribution is -2.31. The lowest BCUT2D eigenvalue weighted by Gasteiger charge is -2.27. The monoisotopic (exact) mass is 372 g/mol. The summed E-state index contributed by atoms with van der Waals surface area (Å²) in [6.07, 6.45) is 1.70. The van der Waals surface area contributed by atoms with Crippen LogP contribution < -0.4 is 10.5 Å². The van der Waals surface area contributed by atoms with Gasteiger partial charge in [0.25, 0.3) is 5.56 Å². The summed E-state index contributed by atoms with van der Waals surface area (Å²) in [4.78, 5) is 24.2. The molecular formula is C23H24N4O. The number of hydrogen-bond acceptors (Lipinski definition) is 4. The molecule has 0 saturated carbocycles. The van der Waals surface area contributed by atoms with Crippen molar-refractivity contribution in [3.05, 3.63) is 82.8 Å². The Kier molecular flexibility index (Phi) is 5.08. The van der Waals surface area contributed by atoms with Gasteiger partial charge in [0.05, 0.1) is 0 Å². The van der Waals surface area contributed by atoms with Crippen LogP contribution in [0.1, 0.15) is 5.56 Å². The third-order valence-electron chi connectivity index (χ3n) is 4.98. The zero-order valence-electron chi connectivity index (χ0n) is 16.2. The molecule has 0 atom stereocenters. The number of aromatic nitrogens is 2. The highest BCUT2D eigenvalue weighted by Gasteiger charge is 2.12. The van der Waals surface area contributed by atoms with Gasteiger partial charge in [-0.2, -0.15) is 0 Å². The zero-order valence-corrected chi connectivity index (χ0v) is 16.2. The Balaban J connectivity index is 1.80.